The van der Waals surface area contributed by atoms with Crippen molar-refractivity contribution in [2.45, 2.75) is 32.2 Å². The first-order chi connectivity index (χ1) is 5.20. The van der Waals surface area contributed by atoms with Gasteiger partial charge in [-0.1, -0.05) is 13.3 Å². The van der Waals surface area contributed by atoms with Crippen LogP contribution in [0.3, 0.4) is 0 Å². The van der Waals surface area contributed by atoms with Crippen molar-refractivity contribution in [1.29, 1.82) is 0 Å². The molecule has 1 rings (SSSR count). The summed E-state index contributed by atoms with van der Waals surface area (Å²) in [5.41, 5.74) is 0. The lowest BCUT2D eigenvalue weighted by molar-refractivity contribution is 0.211. The summed E-state index contributed by atoms with van der Waals surface area (Å²) >= 11 is 0. The Labute approximate surface area is 67.6 Å². The van der Waals surface area contributed by atoms with Crippen LogP contribution in [0.1, 0.15) is 26.2 Å². The standard InChI is InChI=1S/C7H13BNO2/c1-6-4-2-3-5-9(6)8-7(10)11/h6H,2-5H2,1H3,(H,10,11). The minimum absolute atomic E-state index is 0.403. The normalized spacial score (nSPS) is 26.5. The molecule has 1 N–H and O–H groups in total. The summed E-state index contributed by atoms with van der Waals surface area (Å²) in [4.78, 5) is 12.2. The van der Waals surface area contributed by atoms with Gasteiger partial charge in [-0.2, -0.15) is 0 Å². The lowest BCUT2D eigenvalue weighted by Gasteiger charge is -2.31. The average molecular weight is 154 g/mol. The molecule has 0 aliphatic carbocycles. The van der Waals surface area contributed by atoms with Crippen molar-refractivity contribution in [1.82, 2.24) is 4.81 Å². The first-order valence-corrected chi connectivity index (χ1v) is 4.03. The van der Waals surface area contributed by atoms with Crippen LogP contribution in [-0.2, 0) is 0 Å². The number of carboxylic acid groups (broad SMARTS) is 1. The molecule has 11 heavy (non-hydrogen) atoms. The number of hydrogen-bond acceptors (Lipinski definition) is 2. The van der Waals surface area contributed by atoms with Gasteiger partial charge < -0.3 is 9.92 Å². The summed E-state index contributed by atoms with van der Waals surface area (Å²) in [7, 11) is 1.30. The summed E-state index contributed by atoms with van der Waals surface area (Å²) < 4.78 is 0. The second kappa shape index (κ2) is 3.76. The van der Waals surface area contributed by atoms with Gasteiger partial charge in [-0.05, 0) is 25.4 Å². The summed E-state index contributed by atoms with van der Waals surface area (Å²) in [6.07, 6.45) is 3.46. The molecule has 1 unspecified atom stereocenters. The molecule has 1 saturated heterocycles. The zero-order chi connectivity index (χ0) is 8.27. The molecule has 0 aromatic heterocycles. The molecule has 3 nitrogen and oxygen atoms in total. The molecule has 61 valence electrons. The van der Waals surface area contributed by atoms with Gasteiger partial charge in [0.25, 0.3) is 5.87 Å². The number of rotatable bonds is 2. The van der Waals surface area contributed by atoms with Crippen LogP contribution in [0.25, 0.3) is 0 Å². The van der Waals surface area contributed by atoms with Gasteiger partial charge >= 0.3 is 7.41 Å². The Morgan fingerprint density at radius 2 is 2.36 bits per heavy atom. The monoisotopic (exact) mass is 154 g/mol. The van der Waals surface area contributed by atoms with Crippen molar-refractivity contribution >= 4 is 13.3 Å². The maximum atomic E-state index is 10.3. The minimum atomic E-state index is -0.834. The third-order valence-electron chi connectivity index (χ3n) is 2.13. The van der Waals surface area contributed by atoms with Gasteiger partial charge in [-0.3, -0.25) is 4.79 Å². The summed E-state index contributed by atoms with van der Waals surface area (Å²) in [5.74, 6) is -0.834. The molecule has 0 amide bonds. The van der Waals surface area contributed by atoms with Crippen molar-refractivity contribution in [2.75, 3.05) is 6.54 Å². The molecule has 0 aromatic carbocycles. The van der Waals surface area contributed by atoms with Crippen LogP contribution < -0.4 is 0 Å². The molecule has 1 fully saturated rings. The Balaban J connectivity index is 2.35. The zero-order valence-electron chi connectivity index (χ0n) is 6.79. The van der Waals surface area contributed by atoms with Crippen molar-refractivity contribution in [3.8, 4) is 0 Å². The van der Waals surface area contributed by atoms with E-state index < -0.39 is 5.87 Å². The lowest BCUT2D eigenvalue weighted by Crippen LogP contribution is -2.42. The SMILES string of the molecule is CC1CCCCN1[B]C(=O)O. The molecule has 0 aromatic rings. The molecule has 0 spiro atoms. The van der Waals surface area contributed by atoms with Gasteiger partial charge in [0, 0.05) is 0 Å². The Morgan fingerprint density at radius 1 is 1.64 bits per heavy atom. The van der Waals surface area contributed by atoms with Crippen LogP contribution in [-0.4, -0.2) is 35.8 Å². The maximum absolute atomic E-state index is 10.3. The van der Waals surface area contributed by atoms with Gasteiger partial charge in [0.2, 0.25) is 0 Å². The van der Waals surface area contributed by atoms with E-state index in [1.54, 1.807) is 0 Å². The fourth-order valence-electron chi connectivity index (χ4n) is 1.45. The Morgan fingerprint density at radius 3 is 2.91 bits per heavy atom. The number of hydrogen-bond donors (Lipinski definition) is 1. The first-order valence-electron chi connectivity index (χ1n) is 4.03. The number of carbonyl (C=O) groups is 1. The van der Waals surface area contributed by atoms with E-state index in [9.17, 15) is 4.79 Å². The quantitative estimate of drug-likeness (QED) is 0.606. The first kappa shape index (κ1) is 8.59. The number of nitrogens with zero attached hydrogens (tertiary/aromatic N) is 1. The molecular weight excluding hydrogens is 141 g/mol. The fraction of sp³-hybridized carbons (Fsp3) is 0.857. The van der Waals surface area contributed by atoms with Gasteiger partial charge in [0.15, 0.2) is 0 Å². The summed E-state index contributed by atoms with van der Waals surface area (Å²) in [6.45, 7) is 2.96. The topological polar surface area (TPSA) is 40.5 Å². The Hall–Kier alpha value is -0.505. The van der Waals surface area contributed by atoms with Crippen LogP contribution in [0.5, 0.6) is 0 Å². The second-order valence-electron chi connectivity index (χ2n) is 3.05. The summed E-state index contributed by atoms with van der Waals surface area (Å²) in [5, 5.41) is 8.49. The minimum Gasteiger partial charge on any atom is -0.488 e. The van der Waals surface area contributed by atoms with Crippen LogP contribution >= 0.6 is 0 Å². The lowest BCUT2D eigenvalue weighted by atomic mass is 9.85. The van der Waals surface area contributed by atoms with Crippen LogP contribution in [0.4, 0.5) is 4.79 Å². The molecule has 1 atom stereocenters. The van der Waals surface area contributed by atoms with E-state index in [1.807, 2.05) is 4.81 Å². The molecule has 1 heterocycles. The highest BCUT2D eigenvalue weighted by Crippen LogP contribution is 2.14. The van der Waals surface area contributed by atoms with E-state index in [2.05, 4.69) is 6.92 Å². The van der Waals surface area contributed by atoms with E-state index in [0.717, 1.165) is 19.4 Å². The van der Waals surface area contributed by atoms with E-state index in [4.69, 9.17) is 5.11 Å². The molecule has 0 bridgehead atoms. The van der Waals surface area contributed by atoms with Crippen LogP contribution in [0.15, 0.2) is 0 Å². The number of piperidine rings is 1. The molecule has 4 heteroatoms. The highest BCUT2D eigenvalue weighted by atomic mass is 16.4. The third kappa shape index (κ3) is 2.54. The highest BCUT2D eigenvalue weighted by Gasteiger charge is 2.21. The van der Waals surface area contributed by atoms with Gasteiger partial charge in [-0.25, -0.2) is 0 Å². The van der Waals surface area contributed by atoms with Gasteiger partial charge in [0.1, 0.15) is 0 Å². The van der Waals surface area contributed by atoms with Crippen molar-refractivity contribution in [3.63, 3.8) is 0 Å². The molecule has 1 aliphatic rings. The second-order valence-corrected chi connectivity index (χ2v) is 3.05. The van der Waals surface area contributed by atoms with E-state index >= 15 is 0 Å². The highest BCUT2D eigenvalue weighted by molar-refractivity contribution is 6.69. The van der Waals surface area contributed by atoms with E-state index in [-0.39, 0.29) is 0 Å². The average Bonchev–Trinajstić information content (AvgIpc) is 1.93. The van der Waals surface area contributed by atoms with Gasteiger partial charge in [-0.15, -0.1) is 0 Å². The van der Waals surface area contributed by atoms with E-state index in [1.165, 1.54) is 13.8 Å². The summed E-state index contributed by atoms with van der Waals surface area (Å²) in [6, 6.07) is 0.403. The molecule has 1 aliphatic heterocycles. The maximum Gasteiger partial charge on any atom is 0.357 e. The van der Waals surface area contributed by atoms with E-state index in [0.29, 0.717) is 6.04 Å². The predicted molar refractivity (Wildman–Crippen MR) is 43.8 cm³/mol. The van der Waals surface area contributed by atoms with Gasteiger partial charge in [0.05, 0.1) is 0 Å². The van der Waals surface area contributed by atoms with Crippen molar-refractivity contribution in [2.24, 2.45) is 0 Å². The zero-order valence-corrected chi connectivity index (χ0v) is 6.79. The smallest absolute Gasteiger partial charge is 0.357 e. The molecular formula is C7H13BNO2. The largest absolute Gasteiger partial charge is 0.488 e. The Bertz CT molecular complexity index is 151. The third-order valence-corrected chi connectivity index (χ3v) is 2.13. The Kier molecular flexibility index (Phi) is 2.94. The van der Waals surface area contributed by atoms with Crippen molar-refractivity contribution < 1.29 is 9.90 Å². The molecule has 0 saturated carbocycles. The fourth-order valence-corrected chi connectivity index (χ4v) is 1.45. The predicted octanol–water partition coefficient (Wildman–Crippen LogP) is 1.16. The van der Waals surface area contributed by atoms with Crippen LogP contribution in [0, 0.1) is 0 Å². The molecule has 1 radical (unpaired) electrons. The van der Waals surface area contributed by atoms with Crippen molar-refractivity contribution in [3.05, 3.63) is 0 Å². The van der Waals surface area contributed by atoms with Crippen LogP contribution in [0.2, 0.25) is 0 Å².